The number of nitrogens with one attached hydrogen (secondary N) is 1. The van der Waals surface area contributed by atoms with Gasteiger partial charge in [-0.2, -0.15) is 0 Å². The first-order valence-corrected chi connectivity index (χ1v) is 11.1. The molecule has 2 amide bonds. The van der Waals surface area contributed by atoms with Crippen LogP contribution in [-0.2, 0) is 32.2 Å². The molecule has 4 heterocycles. The van der Waals surface area contributed by atoms with Gasteiger partial charge in [0.2, 0.25) is 11.8 Å². The van der Waals surface area contributed by atoms with Crippen LogP contribution in [0.2, 0.25) is 0 Å². The van der Waals surface area contributed by atoms with Crippen molar-refractivity contribution in [2.75, 3.05) is 41.5 Å². The number of likely N-dealkylation sites (tertiary alicyclic amines) is 1. The van der Waals surface area contributed by atoms with E-state index in [4.69, 9.17) is 6.11 Å². The summed E-state index contributed by atoms with van der Waals surface area (Å²) in [4.78, 5) is 47.1. The van der Waals surface area contributed by atoms with Crippen molar-refractivity contribution >= 4 is 23.8 Å². The van der Waals surface area contributed by atoms with Crippen LogP contribution in [0.5, 0.6) is 0 Å². The number of ether oxygens (including phenoxy) is 2. The van der Waals surface area contributed by atoms with Gasteiger partial charge in [-0.15, -0.1) is 0 Å². The second-order valence-corrected chi connectivity index (χ2v) is 8.29. The Morgan fingerprint density at radius 3 is 1.94 bits per heavy atom. The number of hydrogen-bond donors (Lipinski definition) is 1. The quantitative estimate of drug-likeness (QED) is 0.614. The van der Waals surface area contributed by atoms with E-state index in [9.17, 15) is 23.6 Å². The number of alkyl halides is 1. The molecule has 10 nitrogen and oxygen atoms in total. The summed E-state index contributed by atoms with van der Waals surface area (Å²) < 4.78 is 28.6. The van der Waals surface area contributed by atoms with Crippen molar-refractivity contribution in [3.8, 4) is 0 Å². The fourth-order valence-corrected chi connectivity index (χ4v) is 4.16. The van der Waals surface area contributed by atoms with Crippen LogP contribution in [0.25, 0.3) is 0 Å². The number of rotatable bonds is 6. The number of carbonyl (C=O) groups excluding carboxylic acids is 4. The summed E-state index contributed by atoms with van der Waals surface area (Å²) in [5, 5.41) is 2.78. The molecule has 2 saturated heterocycles. The molecule has 2 aliphatic heterocycles. The minimum absolute atomic E-state index is 0.0803. The minimum Gasteiger partial charge on any atom is -0.464 e. The van der Waals surface area contributed by atoms with Crippen molar-refractivity contribution in [2.24, 2.45) is 11.8 Å². The Hall–Kier alpha value is -3.63. The van der Waals surface area contributed by atoms with E-state index in [-0.39, 0.29) is 35.6 Å². The van der Waals surface area contributed by atoms with Gasteiger partial charge in [0.15, 0.2) is 0 Å². The Morgan fingerprint density at radius 1 is 1.03 bits per heavy atom. The zero-order valence-electron chi connectivity index (χ0n) is 21.2. The molecule has 2 aliphatic rings. The zero-order chi connectivity index (χ0) is 26.7. The molecule has 0 spiro atoms. The molecule has 0 bridgehead atoms. The van der Waals surface area contributed by atoms with E-state index in [1.807, 2.05) is 27.6 Å². The Bertz CT molecular complexity index is 1040. The highest BCUT2D eigenvalue weighted by molar-refractivity contribution is 5.88. The first-order chi connectivity index (χ1) is 17.2. The van der Waals surface area contributed by atoms with Crippen LogP contribution in [0.4, 0.5) is 4.39 Å². The molecule has 2 aromatic heterocycles. The van der Waals surface area contributed by atoms with Crippen LogP contribution in [-0.4, -0.2) is 79.3 Å². The molecule has 2 unspecified atom stereocenters. The lowest BCUT2D eigenvalue weighted by molar-refractivity contribution is -0.126. The normalized spacial score (nSPS) is 19.1. The van der Waals surface area contributed by atoms with Crippen molar-refractivity contribution in [1.82, 2.24) is 19.4 Å². The smallest absolute Gasteiger partial charge is 0.354 e. The Labute approximate surface area is 205 Å². The lowest BCUT2D eigenvalue weighted by atomic mass is 10.1. The third-order valence-electron chi connectivity index (χ3n) is 5.84. The average molecular weight is 494 g/mol. The van der Waals surface area contributed by atoms with Crippen molar-refractivity contribution in [3.05, 3.63) is 48.0 Å². The Balaban J connectivity index is 0.000000229. The number of aromatic nitrogens is 2. The van der Waals surface area contributed by atoms with E-state index in [1.165, 1.54) is 14.2 Å². The lowest BCUT2D eigenvalue weighted by Gasteiger charge is -2.13. The van der Waals surface area contributed by atoms with E-state index < -0.39 is 7.15 Å². The first-order valence-electron chi connectivity index (χ1n) is 11.8. The second-order valence-electron chi connectivity index (χ2n) is 8.29. The highest BCUT2D eigenvalue weighted by atomic mass is 19.1. The number of hydrogen-bond acceptors (Lipinski definition) is 6. The molecule has 0 aromatic carbocycles. The van der Waals surface area contributed by atoms with Gasteiger partial charge in [-0.05, 0) is 24.3 Å². The Morgan fingerprint density at radius 2 is 1.54 bits per heavy atom. The van der Waals surface area contributed by atoms with E-state index in [0.29, 0.717) is 43.9 Å². The van der Waals surface area contributed by atoms with Crippen molar-refractivity contribution < 1.29 is 34.4 Å². The highest BCUT2D eigenvalue weighted by Gasteiger charge is 2.27. The van der Waals surface area contributed by atoms with Crippen LogP contribution >= 0.6 is 0 Å². The topological polar surface area (TPSA) is 112 Å². The molecule has 4 rings (SSSR count). The summed E-state index contributed by atoms with van der Waals surface area (Å²) in [6.07, 6.45) is 4.75. The molecule has 192 valence electrons. The van der Waals surface area contributed by atoms with Crippen LogP contribution in [0.15, 0.2) is 36.7 Å². The van der Waals surface area contributed by atoms with Gasteiger partial charge in [-0.1, -0.05) is 0 Å². The third-order valence-corrected chi connectivity index (χ3v) is 5.84. The number of carbonyl (C=O) groups is 4. The van der Waals surface area contributed by atoms with Crippen LogP contribution in [0, 0.1) is 11.8 Å². The highest BCUT2D eigenvalue weighted by Crippen LogP contribution is 2.19. The van der Waals surface area contributed by atoms with E-state index in [0.717, 1.165) is 6.54 Å². The van der Waals surface area contributed by atoms with E-state index >= 15 is 0 Å². The largest absolute Gasteiger partial charge is 0.464 e. The van der Waals surface area contributed by atoms with Gasteiger partial charge in [0.25, 0.3) is 0 Å². The van der Waals surface area contributed by atoms with Crippen molar-refractivity contribution in [1.29, 1.82) is 0 Å². The summed E-state index contributed by atoms with van der Waals surface area (Å²) in [5.41, 5.74) is 1.07. The number of amides is 2. The molecule has 0 saturated carbocycles. The monoisotopic (exact) mass is 493 g/mol. The maximum absolute atomic E-state index is 11.5. The molecule has 2 aromatic rings. The SMILES string of the molecule is COC(=O)c1cccn1CC1CC(=O)N(C)C1.COC(=O)c1cccn1CC1CNC(=O)C1.[2H]CF. The van der Waals surface area contributed by atoms with Gasteiger partial charge >= 0.3 is 11.9 Å². The molecule has 0 aliphatic carbocycles. The molecule has 2 fully saturated rings. The van der Waals surface area contributed by atoms with Crippen molar-refractivity contribution in [2.45, 2.75) is 25.9 Å². The standard InChI is InChI=1S/C12H16N2O3.C11H14N2O3.CH3F/c1-13-7-9(6-11(13)15)8-14-5-3-4-10(14)12(16)17-2;1-16-11(15)9-3-2-4-13(9)7-8-5-10(14)12-6-8;1-2/h3-5,9H,6-8H2,1-2H3;2-4,8H,5-7H2,1H3,(H,12,14);1H3/i;;1D. The lowest BCUT2D eigenvalue weighted by Crippen LogP contribution is -2.20. The third kappa shape index (κ3) is 7.43. The second kappa shape index (κ2) is 13.3. The molecule has 11 heteroatoms. The number of methoxy groups -OCH3 is 2. The number of halogens is 1. The predicted octanol–water partition coefficient (Wildman–Crippen LogP) is 1.75. The molecular weight excluding hydrogens is 459 g/mol. The summed E-state index contributed by atoms with van der Waals surface area (Å²) in [6, 6.07) is 7.06. The van der Waals surface area contributed by atoms with Gasteiger partial charge in [-0.25, -0.2) is 9.59 Å². The van der Waals surface area contributed by atoms with E-state index in [1.54, 1.807) is 30.1 Å². The maximum Gasteiger partial charge on any atom is 0.354 e. The minimum atomic E-state index is -1.00. The first kappa shape index (κ1) is 26.0. The van der Waals surface area contributed by atoms with Gasteiger partial charge in [0.1, 0.15) is 11.4 Å². The van der Waals surface area contributed by atoms with Crippen LogP contribution in [0.1, 0.15) is 35.2 Å². The maximum atomic E-state index is 11.5. The zero-order valence-corrected chi connectivity index (χ0v) is 20.2. The van der Waals surface area contributed by atoms with Gasteiger partial charge in [0.05, 0.1) is 22.7 Å². The predicted molar refractivity (Wildman–Crippen MR) is 125 cm³/mol. The molecule has 2 atom stereocenters. The number of esters is 2. The molecule has 35 heavy (non-hydrogen) atoms. The fourth-order valence-electron chi connectivity index (χ4n) is 4.16. The Kier molecular flexibility index (Phi) is 9.88. The van der Waals surface area contributed by atoms with Crippen LogP contribution < -0.4 is 5.32 Å². The fraction of sp³-hybridized carbons (Fsp3) is 0.500. The molecule has 1 N–H and O–H groups in total. The van der Waals surface area contributed by atoms with Crippen LogP contribution in [0.3, 0.4) is 0 Å². The number of nitrogens with zero attached hydrogens (tertiary/aromatic N) is 3. The van der Waals surface area contributed by atoms with E-state index in [2.05, 4.69) is 10.1 Å². The molecule has 0 radical (unpaired) electrons. The van der Waals surface area contributed by atoms with Crippen molar-refractivity contribution in [3.63, 3.8) is 0 Å². The van der Waals surface area contributed by atoms with Gasteiger partial charge in [-0.3, -0.25) is 14.0 Å². The van der Waals surface area contributed by atoms with Gasteiger partial charge < -0.3 is 28.8 Å². The summed E-state index contributed by atoms with van der Waals surface area (Å²) in [5.74, 6) is 0.0834. The average Bonchev–Trinajstić information content (AvgIpc) is 3.64. The summed E-state index contributed by atoms with van der Waals surface area (Å²) >= 11 is 0. The summed E-state index contributed by atoms with van der Waals surface area (Å²) in [6.45, 7) is 2.76. The summed E-state index contributed by atoms with van der Waals surface area (Å²) in [7, 11) is 3.53. The van der Waals surface area contributed by atoms with Gasteiger partial charge in [0, 0.05) is 70.3 Å². The molecular formula is C24H33FN4O6.